The predicted octanol–water partition coefficient (Wildman–Crippen LogP) is 4.17. The van der Waals surface area contributed by atoms with Crippen LogP contribution in [-0.4, -0.2) is 37.0 Å². The number of nitrogens with zero attached hydrogens (tertiary/aromatic N) is 1. The fourth-order valence-electron chi connectivity index (χ4n) is 3.41. The van der Waals surface area contributed by atoms with Gasteiger partial charge in [-0.15, -0.1) is 11.3 Å². The highest BCUT2D eigenvalue weighted by Gasteiger charge is 2.23. The van der Waals surface area contributed by atoms with Crippen molar-refractivity contribution in [2.75, 3.05) is 26.2 Å². The molecule has 140 valence electrons. The van der Waals surface area contributed by atoms with Crippen molar-refractivity contribution < 1.29 is 9.53 Å². The zero-order chi connectivity index (χ0) is 18.2. The van der Waals surface area contributed by atoms with Crippen molar-refractivity contribution in [3.8, 4) is 5.75 Å². The summed E-state index contributed by atoms with van der Waals surface area (Å²) in [6.45, 7) is 4.92. The Hall–Kier alpha value is -1.85. The zero-order valence-electron chi connectivity index (χ0n) is 15.4. The van der Waals surface area contributed by atoms with Crippen LogP contribution in [0.2, 0.25) is 0 Å². The Balaban J connectivity index is 1.54. The summed E-state index contributed by atoms with van der Waals surface area (Å²) >= 11 is 1.77. The Bertz CT molecular complexity index is 679. The van der Waals surface area contributed by atoms with E-state index in [0.717, 1.165) is 24.4 Å². The summed E-state index contributed by atoms with van der Waals surface area (Å²) in [5.41, 5.74) is 1.13. The van der Waals surface area contributed by atoms with E-state index in [1.807, 2.05) is 31.2 Å². The molecule has 1 atom stereocenters. The van der Waals surface area contributed by atoms with Crippen LogP contribution in [0, 0.1) is 6.92 Å². The third-order valence-electron chi connectivity index (χ3n) is 4.81. The molecule has 1 fully saturated rings. The van der Waals surface area contributed by atoms with Gasteiger partial charge in [0.05, 0.1) is 6.04 Å². The van der Waals surface area contributed by atoms with E-state index in [1.54, 1.807) is 11.3 Å². The molecule has 1 aliphatic heterocycles. The minimum absolute atomic E-state index is 0.0562. The van der Waals surface area contributed by atoms with Crippen molar-refractivity contribution in [3.63, 3.8) is 0 Å². The molecule has 0 spiro atoms. The summed E-state index contributed by atoms with van der Waals surface area (Å²) in [6, 6.07) is 12.3. The van der Waals surface area contributed by atoms with Crippen LogP contribution in [0.4, 0.5) is 0 Å². The van der Waals surface area contributed by atoms with E-state index in [2.05, 4.69) is 27.7 Å². The molecule has 4 nitrogen and oxygen atoms in total. The number of ether oxygens (including phenoxy) is 1. The van der Waals surface area contributed by atoms with Crippen LogP contribution < -0.4 is 10.1 Å². The van der Waals surface area contributed by atoms with Gasteiger partial charge in [-0.1, -0.05) is 31.0 Å². The first-order valence-corrected chi connectivity index (χ1v) is 10.3. The lowest BCUT2D eigenvalue weighted by Gasteiger charge is -2.30. The van der Waals surface area contributed by atoms with Crippen LogP contribution in [0.25, 0.3) is 0 Å². The monoisotopic (exact) mass is 372 g/mol. The van der Waals surface area contributed by atoms with Crippen molar-refractivity contribution in [2.45, 2.75) is 38.6 Å². The molecule has 3 rings (SSSR count). The van der Waals surface area contributed by atoms with Crippen LogP contribution in [0.15, 0.2) is 41.8 Å². The number of hydrogen-bond acceptors (Lipinski definition) is 4. The van der Waals surface area contributed by atoms with Gasteiger partial charge >= 0.3 is 0 Å². The number of carbonyl (C=O) groups is 1. The summed E-state index contributed by atoms with van der Waals surface area (Å²) < 4.78 is 5.61. The summed E-state index contributed by atoms with van der Waals surface area (Å²) in [6.07, 6.45) is 5.10. The summed E-state index contributed by atoms with van der Waals surface area (Å²) in [7, 11) is 0. The predicted molar refractivity (Wildman–Crippen MR) is 107 cm³/mol. The Morgan fingerprint density at radius 2 is 2.00 bits per heavy atom. The second kappa shape index (κ2) is 9.74. The van der Waals surface area contributed by atoms with Crippen LogP contribution in [-0.2, 0) is 4.79 Å². The second-order valence-corrected chi connectivity index (χ2v) is 7.87. The van der Waals surface area contributed by atoms with Gasteiger partial charge in [0.25, 0.3) is 5.91 Å². The van der Waals surface area contributed by atoms with Gasteiger partial charge in [-0.25, -0.2) is 0 Å². The number of rotatable bonds is 7. The fourth-order valence-corrected chi connectivity index (χ4v) is 4.27. The smallest absolute Gasteiger partial charge is 0.258 e. The molecule has 1 amide bonds. The number of likely N-dealkylation sites (tertiary alicyclic amines) is 1. The van der Waals surface area contributed by atoms with Gasteiger partial charge in [0.15, 0.2) is 6.61 Å². The van der Waals surface area contributed by atoms with E-state index in [1.165, 1.54) is 30.6 Å². The molecular formula is C21H28N2O2S. The summed E-state index contributed by atoms with van der Waals surface area (Å²) in [4.78, 5) is 16.1. The lowest BCUT2D eigenvalue weighted by Crippen LogP contribution is -2.39. The number of aryl methyl sites for hydroxylation is 1. The number of thiophene rings is 1. The lowest BCUT2D eigenvalue weighted by molar-refractivity contribution is -0.123. The molecule has 2 aromatic rings. The van der Waals surface area contributed by atoms with E-state index < -0.39 is 0 Å². The maximum absolute atomic E-state index is 12.3. The first kappa shape index (κ1) is 18.9. The Labute approximate surface area is 160 Å². The standard InChI is InChI=1S/C21H28N2O2S/c1-17-8-6-9-18(14-17)25-16-21(24)22-15-19(20-10-7-13-26-20)23-11-4-2-3-5-12-23/h6-10,13-14,19H,2-5,11-12,15-16H2,1H3,(H,22,24)/t19-/m1/s1. The quantitative estimate of drug-likeness (QED) is 0.793. The van der Waals surface area contributed by atoms with E-state index in [4.69, 9.17) is 4.74 Å². The van der Waals surface area contributed by atoms with E-state index in [9.17, 15) is 4.79 Å². The maximum atomic E-state index is 12.3. The number of amides is 1. The summed E-state index contributed by atoms with van der Waals surface area (Å²) in [5, 5.41) is 5.19. The van der Waals surface area contributed by atoms with E-state index in [0.29, 0.717) is 6.54 Å². The highest BCUT2D eigenvalue weighted by atomic mass is 32.1. The number of nitrogens with one attached hydrogen (secondary N) is 1. The molecule has 0 bridgehead atoms. The van der Waals surface area contributed by atoms with Gasteiger partial charge in [0.2, 0.25) is 0 Å². The van der Waals surface area contributed by atoms with Crippen molar-refractivity contribution in [3.05, 3.63) is 52.2 Å². The van der Waals surface area contributed by atoms with Gasteiger partial charge in [-0.2, -0.15) is 0 Å². The third-order valence-corrected chi connectivity index (χ3v) is 5.78. The number of hydrogen-bond donors (Lipinski definition) is 1. The molecule has 26 heavy (non-hydrogen) atoms. The first-order valence-electron chi connectivity index (χ1n) is 9.46. The zero-order valence-corrected chi connectivity index (χ0v) is 16.3. The highest BCUT2D eigenvalue weighted by Crippen LogP contribution is 2.27. The molecule has 1 aliphatic rings. The van der Waals surface area contributed by atoms with Crippen LogP contribution in [0.3, 0.4) is 0 Å². The topological polar surface area (TPSA) is 41.6 Å². The molecule has 0 aliphatic carbocycles. The number of carbonyl (C=O) groups excluding carboxylic acids is 1. The van der Waals surface area contributed by atoms with Gasteiger partial charge in [-0.05, 0) is 62.0 Å². The van der Waals surface area contributed by atoms with E-state index in [-0.39, 0.29) is 18.6 Å². The lowest BCUT2D eigenvalue weighted by atomic mass is 10.2. The van der Waals surface area contributed by atoms with Crippen molar-refractivity contribution in [1.29, 1.82) is 0 Å². The van der Waals surface area contributed by atoms with Crippen molar-refractivity contribution in [1.82, 2.24) is 10.2 Å². The Morgan fingerprint density at radius 1 is 1.19 bits per heavy atom. The molecule has 1 aromatic carbocycles. The minimum Gasteiger partial charge on any atom is -0.484 e. The highest BCUT2D eigenvalue weighted by molar-refractivity contribution is 7.10. The molecule has 0 saturated carbocycles. The molecule has 5 heteroatoms. The fraction of sp³-hybridized carbons (Fsp3) is 0.476. The van der Waals surface area contributed by atoms with Gasteiger partial charge in [0.1, 0.15) is 5.75 Å². The second-order valence-electron chi connectivity index (χ2n) is 6.89. The van der Waals surface area contributed by atoms with Gasteiger partial charge in [0, 0.05) is 11.4 Å². The molecule has 1 N–H and O–H groups in total. The van der Waals surface area contributed by atoms with Crippen molar-refractivity contribution in [2.24, 2.45) is 0 Å². The largest absolute Gasteiger partial charge is 0.484 e. The van der Waals surface area contributed by atoms with Gasteiger partial charge in [-0.3, -0.25) is 9.69 Å². The third kappa shape index (κ3) is 5.58. The molecule has 0 unspecified atom stereocenters. The normalized spacial score (nSPS) is 16.7. The SMILES string of the molecule is Cc1cccc(OCC(=O)NC[C@H](c2cccs2)N2CCCCCC2)c1. The van der Waals surface area contributed by atoms with Crippen LogP contribution in [0.1, 0.15) is 42.2 Å². The van der Waals surface area contributed by atoms with E-state index >= 15 is 0 Å². The first-order chi connectivity index (χ1) is 12.7. The molecule has 2 heterocycles. The number of benzene rings is 1. The molecule has 1 aromatic heterocycles. The molecular weight excluding hydrogens is 344 g/mol. The Morgan fingerprint density at radius 3 is 2.69 bits per heavy atom. The minimum atomic E-state index is -0.0668. The Kier molecular flexibility index (Phi) is 7.09. The average Bonchev–Trinajstić information content (AvgIpc) is 3.03. The van der Waals surface area contributed by atoms with Crippen molar-refractivity contribution >= 4 is 17.2 Å². The van der Waals surface area contributed by atoms with Crippen LogP contribution >= 0.6 is 11.3 Å². The van der Waals surface area contributed by atoms with Gasteiger partial charge < -0.3 is 10.1 Å². The summed E-state index contributed by atoms with van der Waals surface area (Å²) in [5.74, 6) is 0.672. The molecule has 1 saturated heterocycles. The molecule has 0 radical (unpaired) electrons. The average molecular weight is 373 g/mol. The van der Waals surface area contributed by atoms with Crippen LogP contribution in [0.5, 0.6) is 5.75 Å². The maximum Gasteiger partial charge on any atom is 0.258 e.